The number of aromatic nitrogens is 2. The highest BCUT2D eigenvalue weighted by atomic mass is 35.5. The summed E-state index contributed by atoms with van der Waals surface area (Å²) in [6, 6.07) is 7.36. The van der Waals surface area contributed by atoms with E-state index in [-0.39, 0.29) is 0 Å². The van der Waals surface area contributed by atoms with E-state index in [0.29, 0.717) is 18.1 Å². The average Bonchev–Trinajstić information content (AvgIpc) is 2.65. The SMILES string of the molecule is Cc1nn(C)c(C)c1CNCC(O)c1ccccc1Cl. The molecule has 0 saturated heterocycles. The Balaban J connectivity index is 1.95. The standard InChI is InChI=1S/C15H20ClN3O/c1-10-13(11(2)19(3)18-10)8-17-9-15(20)12-6-4-5-7-14(12)16/h4-7,15,17,20H,8-9H2,1-3H3. The Bertz CT molecular complexity index is 595. The van der Waals surface area contributed by atoms with E-state index in [1.165, 1.54) is 5.56 Å². The second kappa shape index (κ2) is 6.39. The van der Waals surface area contributed by atoms with Gasteiger partial charge in [-0.15, -0.1) is 0 Å². The summed E-state index contributed by atoms with van der Waals surface area (Å²) in [4.78, 5) is 0. The van der Waals surface area contributed by atoms with Crippen LogP contribution in [0.4, 0.5) is 0 Å². The Hall–Kier alpha value is -1.36. The van der Waals surface area contributed by atoms with E-state index in [2.05, 4.69) is 10.4 Å². The molecule has 20 heavy (non-hydrogen) atoms. The number of aryl methyl sites for hydroxylation is 2. The van der Waals surface area contributed by atoms with Crippen molar-refractivity contribution in [1.29, 1.82) is 0 Å². The monoisotopic (exact) mass is 293 g/mol. The minimum atomic E-state index is -0.610. The molecule has 0 bridgehead atoms. The third-order valence-electron chi connectivity index (χ3n) is 3.56. The lowest BCUT2D eigenvalue weighted by Crippen LogP contribution is -2.21. The highest BCUT2D eigenvalue weighted by molar-refractivity contribution is 6.31. The lowest BCUT2D eigenvalue weighted by molar-refractivity contribution is 0.174. The first-order chi connectivity index (χ1) is 9.50. The van der Waals surface area contributed by atoms with E-state index in [1.54, 1.807) is 6.07 Å². The molecular formula is C15H20ClN3O. The maximum Gasteiger partial charge on any atom is 0.0928 e. The Kier molecular flexibility index (Phi) is 4.81. The zero-order valence-corrected chi connectivity index (χ0v) is 12.8. The summed E-state index contributed by atoms with van der Waals surface area (Å²) in [7, 11) is 1.93. The van der Waals surface area contributed by atoms with Gasteiger partial charge in [-0.25, -0.2) is 0 Å². The van der Waals surface area contributed by atoms with Crippen molar-refractivity contribution in [3.05, 3.63) is 51.8 Å². The van der Waals surface area contributed by atoms with Gasteiger partial charge in [-0.2, -0.15) is 5.10 Å². The van der Waals surface area contributed by atoms with Crippen molar-refractivity contribution in [3.63, 3.8) is 0 Å². The molecule has 108 valence electrons. The summed E-state index contributed by atoms with van der Waals surface area (Å²) in [5, 5.41) is 18.4. The molecule has 0 aliphatic heterocycles. The van der Waals surface area contributed by atoms with Gasteiger partial charge in [-0.1, -0.05) is 29.8 Å². The highest BCUT2D eigenvalue weighted by Gasteiger charge is 2.12. The molecular weight excluding hydrogens is 274 g/mol. The second-order valence-corrected chi connectivity index (χ2v) is 5.35. The number of nitrogens with one attached hydrogen (secondary N) is 1. The number of aliphatic hydroxyl groups excluding tert-OH is 1. The van der Waals surface area contributed by atoms with Crippen LogP contribution in [-0.4, -0.2) is 21.4 Å². The van der Waals surface area contributed by atoms with Crippen LogP contribution in [0.5, 0.6) is 0 Å². The Morgan fingerprint density at radius 1 is 1.35 bits per heavy atom. The summed E-state index contributed by atoms with van der Waals surface area (Å²) in [6.07, 6.45) is -0.610. The third kappa shape index (κ3) is 3.20. The lowest BCUT2D eigenvalue weighted by Gasteiger charge is -2.13. The average molecular weight is 294 g/mol. The molecule has 4 nitrogen and oxygen atoms in total. The van der Waals surface area contributed by atoms with Gasteiger partial charge in [-0.05, 0) is 19.9 Å². The number of nitrogens with zero attached hydrogens (tertiary/aromatic N) is 2. The Morgan fingerprint density at radius 2 is 2.05 bits per heavy atom. The number of aliphatic hydroxyl groups is 1. The summed E-state index contributed by atoms with van der Waals surface area (Å²) < 4.78 is 1.87. The van der Waals surface area contributed by atoms with Gasteiger partial charge >= 0.3 is 0 Å². The molecule has 2 rings (SSSR count). The van der Waals surface area contributed by atoms with Gasteiger partial charge in [0, 0.05) is 42.0 Å². The third-order valence-corrected chi connectivity index (χ3v) is 3.91. The molecule has 0 saturated carbocycles. The van der Waals surface area contributed by atoms with Gasteiger partial charge in [0.2, 0.25) is 0 Å². The summed E-state index contributed by atoms with van der Waals surface area (Å²) in [5.41, 5.74) is 4.09. The van der Waals surface area contributed by atoms with Crippen molar-refractivity contribution in [1.82, 2.24) is 15.1 Å². The van der Waals surface area contributed by atoms with Crippen molar-refractivity contribution in [2.75, 3.05) is 6.54 Å². The maximum atomic E-state index is 10.2. The van der Waals surface area contributed by atoms with Crippen LogP contribution in [0.25, 0.3) is 0 Å². The first kappa shape index (κ1) is 15.0. The molecule has 2 N–H and O–H groups in total. The molecule has 1 heterocycles. The van der Waals surface area contributed by atoms with Crippen LogP contribution in [0.3, 0.4) is 0 Å². The van der Waals surface area contributed by atoms with E-state index in [9.17, 15) is 5.11 Å². The molecule has 5 heteroatoms. The van der Waals surface area contributed by atoms with E-state index in [4.69, 9.17) is 11.6 Å². The molecule has 1 aromatic heterocycles. The predicted molar refractivity (Wildman–Crippen MR) is 80.8 cm³/mol. The maximum absolute atomic E-state index is 10.2. The molecule has 1 aromatic carbocycles. The number of rotatable bonds is 5. The molecule has 0 aliphatic carbocycles. The van der Waals surface area contributed by atoms with Crippen LogP contribution < -0.4 is 5.32 Å². The minimum Gasteiger partial charge on any atom is -0.387 e. The fraction of sp³-hybridized carbons (Fsp3) is 0.400. The van der Waals surface area contributed by atoms with E-state index in [0.717, 1.165) is 17.0 Å². The van der Waals surface area contributed by atoms with Crippen LogP contribution in [0.1, 0.15) is 28.6 Å². The first-order valence-electron chi connectivity index (χ1n) is 6.63. The Morgan fingerprint density at radius 3 is 2.65 bits per heavy atom. The molecule has 0 fully saturated rings. The van der Waals surface area contributed by atoms with E-state index >= 15 is 0 Å². The highest BCUT2D eigenvalue weighted by Crippen LogP contribution is 2.22. The summed E-state index contributed by atoms with van der Waals surface area (Å²) in [5.74, 6) is 0. The van der Waals surface area contributed by atoms with Gasteiger partial charge in [0.05, 0.1) is 11.8 Å². The Labute approximate surface area is 124 Å². The van der Waals surface area contributed by atoms with Crippen molar-refractivity contribution in [3.8, 4) is 0 Å². The molecule has 2 aromatic rings. The number of hydrogen-bond acceptors (Lipinski definition) is 3. The number of benzene rings is 1. The number of hydrogen-bond donors (Lipinski definition) is 2. The quantitative estimate of drug-likeness (QED) is 0.890. The predicted octanol–water partition coefficient (Wildman–Crippen LogP) is 2.51. The van der Waals surface area contributed by atoms with Gasteiger partial charge in [0.15, 0.2) is 0 Å². The lowest BCUT2D eigenvalue weighted by atomic mass is 10.1. The summed E-state index contributed by atoms with van der Waals surface area (Å²) >= 11 is 6.07. The largest absolute Gasteiger partial charge is 0.387 e. The van der Waals surface area contributed by atoms with Crippen molar-refractivity contribution < 1.29 is 5.11 Å². The van der Waals surface area contributed by atoms with Crippen LogP contribution in [0.15, 0.2) is 24.3 Å². The van der Waals surface area contributed by atoms with Crippen molar-refractivity contribution >= 4 is 11.6 Å². The van der Waals surface area contributed by atoms with E-state index in [1.807, 2.05) is 43.8 Å². The zero-order valence-electron chi connectivity index (χ0n) is 12.0. The number of halogens is 1. The summed E-state index contributed by atoms with van der Waals surface area (Å²) in [6.45, 7) is 5.18. The molecule has 1 atom stereocenters. The molecule has 0 spiro atoms. The van der Waals surface area contributed by atoms with Crippen LogP contribution in [0.2, 0.25) is 5.02 Å². The fourth-order valence-electron chi connectivity index (χ4n) is 2.26. The van der Waals surface area contributed by atoms with Gasteiger partial charge in [0.25, 0.3) is 0 Å². The topological polar surface area (TPSA) is 50.1 Å². The van der Waals surface area contributed by atoms with Gasteiger partial charge < -0.3 is 10.4 Å². The second-order valence-electron chi connectivity index (χ2n) is 4.94. The van der Waals surface area contributed by atoms with Gasteiger partial charge in [0.1, 0.15) is 0 Å². The molecule has 0 radical (unpaired) electrons. The van der Waals surface area contributed by atoms with Crippen LogP contribution in [0, 0.1) is 13.8 Å². The van der Waals surface area contributed by atoms with E-state index < -0.39 is 6.10 Å². The van der Waals surface area contributed by atoms with Crippen molar-refractivity contribution in [2.45, 2.75) is 26.5 Å². The van der Waals surface area contributed by atoms with Crippen LogP contribution >= 0.6 is 11.6 Å². The normalized spacial score (nSPS) is 12.7. The molecule has 1 unspecified atom stereocenters. The van der Waals surface area contributed by atoms with Gasteiger partial charge in [-0.3, -0.25) is 4.68 Å². The fourth-order valence-corrected chi connectivity index (χ4v) is 2.52. The first-order valence-corrected chi connectivity index (χ1v) is 7.00. The zero-order chi connectivity index (χ0) is 14.7. The molecule has 0 amide bonds. The van der Waals surface area contributed by atoms with Crippen LogP contribution in [-0.2, 0) is 13.6 Å². The minimum absolute atomic E-state index is 0.456. The smallest absolute Gasteiger partial charge is 0.0928 e. The molecule has 0 aliphatic rings. The van der Waals surface area contributed by atoms with Crippen molar-refractivity contribution in [2.24, 2.45) is 7.05 Å².